The summed E-state index contributed by atoms with van der Waals surface area (Å²) in [5.41, 5.74) is 6.39. The molecule has 17 heavy (non-hydrogen) atoms. The zero-order valence-corrected chi connectivity index (χ0v) is 11.8. The summed E-state index contributed by atoms with van der Waals surface area (Å²) in [5, 5.41) is 0.263. The Morgan fingerprint density at radius 3 is 2.88 bits per heavy atom. The fraction of sp³-hybridized carbons (Fsp3) is 0.667. The van der Waals surface area contributed by atoms with Crippen LogP contribution in [-0.2, 0) is 4.74 Å². The molecule has 0 bridgehead atoms. The normalized spacial score (nSPS) is 26.0. The number of alkyl halides is 1. The predicted molar refractivity (Wildman–Crippen MR) is 73.4 cm³/mol. The zero-order chi connectivity index (χ0) is 12.8. The first-order valence-corrected chi connectivity index (χ1v) is 6.68. The number of halogens is 2. The number of morpholine rings is 1. The minimum absolute atomic E-state index is 0.263. The van der Waals surface area contributed by atoms with E-state index in [1.54, 1.807) is 6.08 Å². The van der Waals surface area contributed by atoms with E-state index in [1.807, 2.05) is 0 Å². The highest BCUT2D eigenvalue weighted by molar-refractivity contribution is 6.29. The summed E-state index contributed by atoms with van der Waals surface area (Å²) in [5.74, 6) is 0.413. The van der Waals surface area contributed by atoms with Crippen LogP contribution in [0, 0.1) is 0 Å². The topological polar surface area (TPSA) is 38.5 Å². The second-order valence-corrected chi connectivity index (χ2v) is 5.01. The van der Waals surface area contributed by atoms with E-state index >= 15 is 0 Å². The van der Waals surface area contributed by atoms with Crippen molar-refractivity contribution in [1.82, 2.24) is 4.90 Å². The summed E-state index contributed by atoms with van der Waals surface area (Å²) in [4.78, 5) is 2.38. The van der Waals surface area contributed by atoms with Crippen molar-refractivity contribution in [3.05, 3.63) is 22.9 Å². The SMILES string of the molecule is CC(/C=C(\C=C(/N)Cl)CCl)N1CCOC[C@H]1C. The van der Waals surface area contributed by atoms with Gasteiger partial charge in [-0.25, -0.2) is 0 Å². The second kappa shape index (κ2) is 7.27. The quantitative estimate of drug-likeness (QED) is 0.487. The van der Waals surface area contributed by atoms with Crippen LogP contribution in [0.25, 0.3) is 0 Å². The third kappa shape index (κ3) is 4.88. The first kappa shape index (κ1) is 14.8. The van der Waals surface area contributed by atoms with Gasteiger partial charge in [-0.2, -0.15) is 0 Å². The van der Waals surface area contributed by atoms with Gasteiger partial charge >= 0.3 is 0 Å². The average Bonchev–Trinajstić information content (AvgIpc) is 2.27. The molecule has 98 valence electrons. The highest BCUT2D eigenvalue weighted by Gasteiger charge is 2.22. The molecule has 1 aliphatic heterocycles. The van der Waals surface area contributed by atoms with Crippen molar-refractivity contribution < 1.29 is 4.74 Å². The Morgan fingerprint density at radius 1 is 1.65 bits per heavy atom. The van der Waals surface area contributed by atoms with Gasteiger partial charge in [0.15, 0.2) is 0 Å². The van der Waals surface area contributed by atoms with Gasteiger partial charge in [-0.15, -0.1) is 11.6 Å². The van der Waals surface area contributed by atoms with Crippen LogP contribution >= 0.6 is 23.2 Å². The average molecular weight is 279 g/mol. The first-order chi connectivity index (χ1) is 8.04. The van der Waals surface area contributed by atoms with Gasteiger partial charge in [-0.05, 0) is 25.5 Å². The van der Waals surface area contributed by atoms with Gasteiger partial charge in [-0.3, -0.25) is 4.90 Å². The third-order valence-electron chi connectivity index (χ3n) is 2.88. The van der Waals surface area contributed by atoms with Crippen molar-refractivity contribution in [3.63, 3.8) is 0 Å². The van der Waals surface area contributed by atoms with Crippen LogP contribution in [0.5, 0.6) is 0 Å². The van der Waals surface area contributed by atoms with E-state index in [9.17, 15) is 0 Å². The van der Waals surface area contributed by atoms with Crippen LogP contribution in [-0.4, -0.2) is 42.6 Å². The molecule has 0 amide bonds. The Labute approximate surface area is 113 Å². The molecular formula is C12H20Cl2N2O. The molecule has 2 atom stereocenters. The van der Waals surface area contributed by atoms with E-state index in [-0.39, 0.29) is 5.16 Å². The van der Waals surface area contributed by atoms with Crippen LogP contribution in [0.3, 0.4) is 0 Å². The standard InChI is InChI=1S/C12H20Cl2N2O/c1-9(5-11(7-13)6-12(14)15)16-3-4-17-8-10(16)2/h5-6,9-10H,3-4,7-8,15H2,1-2H3/b11-5+,12-6-/t9?,10-/m1/s1. The number of nitrogens with two attached hydrogens (primary N) is 1. The van der Waals surface area contributed by atoms with Crippen LogP contribution in [0.4, 0.5) is 0 Å². The van der Waals surface area contributed by atoms with E-state index in [1.165, 1.54) is 0 Å². The molecule has 0 aromatic carbocycles. The highest BCUT2D eigenvalue weighted by atomic mass is 35.5. The first-order valence-electron chi connectivity index (χ1n) is 5.77. The number of rotatable bonds is 4. The molecule has 0 aliphatic carbocycles. The zero-order valence-electron chi connectivity index (χ0n) is 10.3. The molecule has 1 saturated heterocycles. The molecule has 1 heterocycles. The lowest BCUT2D eigenvalue weighted by Crippen LogP contribution is -2.47. The van der Waals surface area contributed by atoms with Crippen molar-refractivity contribution in [1.29, 1.82) is 0 Å². The Balaban J connectivity index is 2.70. The predicted octanol–water partition coefficient (Wildman–Crippen LogP) is 2.30. The second-order valence-electron chi connectivity index (χ2n) is 4.31. The molecule has 1 unspecified atom stereocenters. The summed E-state index contributed by atoms with van der Waals surface area (Å²) < 4.78 is 5.42. The monoisotopic (exact) mass is 278 g/mol. The number of hydrogen-bond donors (Lipinski definition) is 1. The van der Waals surface area contributed by atoms with E-state index in [0.29, 0.717) is 18.0 Å². The summed E-state index contributed by atoms with van der Waals surface area (Å²) in [6.07, 6.45) is 3.81. The van der Waals surface area contributed by atoms with Gasteiger partial charge in [0, 0.05) is 24.5 Å². The Morgan fingerprint density at radius 2 is 2.35 bits per heavy atom. The fourth-order valence-electron chi connectivity index (χ4n) is 2.06. The van der Waals surface area contributed by atoms with E-state index in [0.717, 1.165) is 25.3 Å². The summed E-state index contributed by atoms with van der Waals surface area (Å²) in [7, 11) is 0. The molecule has 0 spiro atoms. The van der Waals surface area contributed by atoms with Crippen molar-refractivity contribution in [2.24, 2.45) is 5.73 Å². The van der Waals surface area contributed by atoms with Gasteiger partial charge in [0.05, 0.1) is 18.4 Å². The van der Waals surface area contributed by atoms with Gasteiger partial charge in [-0.1, -0.05) is 17.7 Å². The lowest BCUT2D eigenvalue weighted by molar-refractivity contribution is -0.0100. The van der Waals surface area contributed by atoms with Crippen LogP contribution in [0.15, 0.2) is 22.9 Å². The van der Waals surface area contributed by atoms with Gasteiger partial charge < -0.3 is 10.5 Å². The van der Waals surface area contributed by atoms with Gasteiger partial charge in [0.25, 0.3) is 0 Å². The maximum atomic E-state index is 5.86. The van der Waals surface area contributed by atoms with Crippen LogP contribution in [0.1, 0.15) is 13.8 Å². The maximum Gasteiger partial charge on any atom is 0.0994 e. The molecule has 0 radical (unpaired) electrons. The van der Waals surface area contributed by atoms with Crippen molar-refractivity contribution in [2.45, 2.75) is 25.9 Å². The fourth-order valence-corrected chi connectivity index (χ4v) is 2.37. The lowest BCUT2D eigenvalue weighted by Gasteiger charge is -2.36. The van der Waals surface area contributed by atoms with Gasteiger partial charge in [0.2, 0.25) is 0 Å². The van der Waals surface area contributed by atoms with E-state index in [4.69, 9.17) is 33.7 Å². The molecular weight excluding hydrogens is 259 g/mol. The number of nitrogens with zero attached hydrogens (tertiary/aromatic N) is 1. The molecule has 3 nitrogen and oxygen atoms in total. The van der Waals surface area contributed by atoms with E-state index in [2.05, 4.69) is 24.8 Å². The molecule has 0 aromatic rings. The third-order valence-corrected chi connectivity index (χ3v) is 3.29. The Bertz CT molecular complexity index is 301. The van der Waals surface area contributed by atoms with Crippen molar-refractivity contribution in [2.75, 3.05) is 25.6 Å². The minimum Gasteiger partial charge on any atom is -0.389 e. The minimum atomic E-state index is 0.263. The molecule has 0 saturated carbocycles. The lowest BCUT2D eigenvalue weighted by atomic mass is 10.1. The van der Waals surface area contributed by atoms with Crippen LogP contribution < -0.4 is 5.73 Å². The van der Waals surface area contributed by atoms with Crippen LogP contribution in [0.2, 0.25) is 0 Å². The Kier molecular flexibility index (Phi) is 6.34. The number of ether oxygens (including phenoxy) is 1. The smallest absolute Gasteiger partial charge is 0.0994 e. The molecule has 5 heteroatoms. The molecule has 0 aromatic heterocycles. The Hall–Kier alpha value is -0.220. The van der Waals surface area contributed by atoms with Gasteiger partial charge in [0.1, 0.15) is 0 Å². The molecule has 2 N–H and O–H groups in total. The van der Waals surface area contributed by atoms with Crippen molar-refractivity contribution >= 4 is 23.2 Å². The number of allylic oxidation sites excluding steroid dienone is 2. The molecule has 1 aliphatic rings. The largest absolute Gasteiger partial charge is 0.389 e. The summed E-state index contributed by atoms with van der Waals surface area (Å²) in [6.45, 7) is 6.81. The van der Waals surface area contributed by atoms with E-state index < -0.39 is 0 Å². The number of hydrogen-bond acceptors (Lipinski definition) is 3. The summed E-state index contributed by atoms with van der Waals surface area (Å²) in [6, 6.07) is 0.721. The summed E-state index contributed by atoms with van der Waals surface area (Å²) >= 11 is 11.5. The maximum absolute atomic E-state index is 5.86. The molecule has 1 rings (SSSR count). The molecule has 1 fully saturated rings. The van der Waals surface area contributed by atoms with Crippen molar-refractivity contribution in [3.8, 4) is 0 Å². The highest BCUT2D eigenvalue weighted by Crippen LogP contribution is 2.14.